The topological polar surface area (TPSA) is 72.5 Å². The first-order valence-corrected chi connectivity index (χ1v) is 8.96. The van der Waals surface area contributed by atoms with Crippen molar-refractivity contribution >= 4 is 11.9 Å². The Morgan fingerprint density at radius 2 is 2.07 bits per heavy atom. The molecule has 0 saturated carbocycles. The second kappa shape index (κ2) is 6.68. The van der Waals surface area contributed by atoms with Gasteiger partial charge in [-0.3, -0.25) is 4.79 Å². The van der Waals surface area contributed by atoms with Crippen LogP contribution >= 0.6 is 0 Å². The number of aromatic amines is 1. The van der Waals surface area contributed by atoms with Gasteiger partial charge in [0.1, 0.15) is 11.5 Å². The number of nitrogens with one attached hydrogen (secondary N) is 1. The molecule has 142 valence electrons. The maximum Gasteiger partial charge on any atom is 0.320 e. The number of amides is 3. The van der Waals surface area contributed by atoms with E-state index >= 15 is 0 Å². The molecule has 3 heterocycles. The van der Waals surface area contributed by atoms with Crippen LogP contribution in [0.3, 0.4) is 0 Å². The van der Waals surface area contributed by atoms with Crippen LogP contribution < -0.4 is 0 Å². The van der Waals surface area contributed by atoms with Crippen LogP contribution in [0.4, 0.5) is 9.18 Å². The van der Waals surface area contributed by atoms with Crippen LogP contribution in [0.25, 0.3) is 0 Å². The van der Waals surface area contributed by atoms with Crippen molar-refractivity contribution in [3.05, 3.63) is 53.9 Å². The minimum atomic E-state index is -0.323. The molecule has 2 saturated heterocycles. The van der Waals surface area contributed by atoms with E-state index in [4.69, 9.17) is 0 Å². The zero-order valence-electron chi connectivity index (χ0n) is 15.3. The lowest BCUT2D eigenvalue weighted by Gasteiger charge is -2.31. The van der Waals surface area contributed by atoms with Crippen LogP contribution in [0.1, 0.15) is 22.1 Å². The number of H-pyrrole nitrogens is 1. The Kier molecular flexibility index (Phi) is 4.33. The largest absolute Gasteiger partial charge is 0.341 e. The summed E-state index contributed by atoms with van der Waals surface area (Å²) in [5.74, 6) is -0.182. The Hall–Kier alpha value is -2.90. The van der Waals surface area contributed by atoms with Crippen molar-refractivity contribution in [2.45, 2.75) is 6.04 Å². The number of halogens is 1. The molecular weight excluding hydrogens is 349 g/mol. The standard InChI is InChI=1S/C19H22FN5O2/c1-23(2)19(27)25-9-13-8-24(18(26)16-7-21-11-22-16)10-15(13)17(25)12-4-3-5-14(20)6-12/h3-7,11,13,15,17H,8-10H2,1-2H3,(H,21,22)/t13-,15-,17+/m1/s1. The van der Waals surface area contributed by atoms with Crippen molar-refractivity contribution in [3.63, 3.8) is 0 Å². The van der Waals surface area contributed by atoms with Gasteiger partial charge in [-0.15, -0.1) is 0 Å². The quantitative estimate of drug-likeness (QED) is 0.877. The highest BCUT2D eigenvalue weighted by Gasteiger charge is 2.50. The van der Waals surface area contributed by atoms with Gasteiger partial charge in [-0.05, 0) is 17.7 Å². The SMILES string of the molecule is CN(C)C(=O)N1C[C@H]2CN(C(=O)c3cnc[nH]3)C[C@H]2[C@@H]1c1cccc(F)c1. The lowest BCUT2D eigenvalue weighted by molar-refractivity contribution is 0.0761. The molecule has 2 fully saturated rings. The zero-order valence-corrected chi connectivity index (χ0v) is 15.3. The Bertz CT molecular complexity index is 854. The number of nitrogens with zero attached hydrogens (tertiary/aromatic N) is 4. The van der Waals surface area contributed by atoms with Crippen LogP contribution in [0.15, 0.2) is 36.8 Å². The molecule has 0 unspecified atom stereocenters. The van der Waals surface area contributed by atoms with Gasteiger partial charge in [-0.25, -0.2) is 14.2 Å². The molecule has 4 rings (SSSR count). The van der Waals surface area contributed by atoms with Crippen molar-refractivity contribution in [1.82, 2.24) is 24.7 Å². The Balaban J connectivity index is 1.63. The Morgan fingerprint density at radius 3 is 2.74 bits per heavy atom. The number of likely N-dealkylation sites (tertiary alicyclic amines) is 2. The molecule has 1 N–H and O–H groups in total. The molecule has 3 atom stereocenters. The highest BCUT2D eigenvalue weighted by Crippen LogP contribution is 2.45. The lowest BCUT2D eigenvalue weighted by atomic mass is 9.89. The first-order valence-electron chi connectivity index (χ1n) is 8.96. The van der Waals surface area contributed by atoms with Gasteiger partial charge in [-0.2, -0.15) is 0 Å². The molecule has 0 radical (unpaired) electrons. The van der Waals surface area contributed by atoms with E-state index in [2.05, 4.69) is 9.97 Å². The maximum absolute atomic E-state index is 13.9. The van der Waals surface area contributed by atoms with Crippen molar-refractivity contribution in [1.29, 1.82) is 0 Å². The highest BCUT2D eigenvalue weighted by molar-refractivity contribution is 5.92. The van der Waals surface area contributed by atoms with Crippen LogP contribution in [-0.2, 0) is 0 Å². The summed E-state index contributed by atoms with van der Waals surface area (Å²) in [5.41, 5.74) is 1.23. The number of benzene rings is 1. The number of hydrogen-bond donors (Lipinski definition) is 1. The van der Waals surface area contributed by atoms with Crippen LogP contribution in [0.2, 0.25) is 0 Å². The summed E-state index contributed by atoms with van der Waals surface area (Å²) in [7, 11) is 3.43. The van der Waals surface area contributed by atoms with Gasteiger partial charge in [-0.1, -0.05) is 12.1 Å². The molecule has 7 nitrogen and oxygen atoms in total. The maximum atomic E-state index is 13.9. The molecule has 27 heavy (non-hydrogen) atoms. The van der Waals surface area contributed by atoms with E-state index in [9.17, 15) is 14.0 Å². The summed E-state index contributed by atoms with van der Waals surface area (Å²) in [6.45, 7) is 1.65. The molecule has 8 heteroatoms. The van der Waals surface area contributed by atoms with E-state index in [-0.39, 0.29) is 35.6 Å². The summed E-state index contributed by atoms with van der Waals surface area (Å²) in [6.07, 6.45) is 3.00. The number of urea groups is 1. The van der Waals surface area contributed by atoms with Crippen LogP contribution in [0, 0.1) is 17.7 Å². The third-order valence-corrected chi connectivity index (χ3v) is 5.50. The first-order chi connectivity index (χ1) is 13.0. The molecule has 2 aliphatic rings. The van der Waals surface area contributed by atoms with E-state index in [0.29, 0.717) is 25.3 Å². The minimum absolute atomic E-state index is 0.0718. The fourth-order valence-electron chi connectivity index (χ4n) is 4.33. The average molecular weight is 371 g/mol. The average Bonchev–Trinajstić information content (AvgIpc) is 3.35. The van der Waals surface area contributed by atoms with Crippen molar-refractivity contribution in [3.8, 4) is 0 Å². The third kappa shape index (κ3) is 3.05. The van der Waals surface area contributed by atoms with Gasteiger partial charge in [0.25, 0.3) is 5.91 Å². The van der Waals surface area contributed by atoms with Gasteiger partial charge < -0.3 is 19.7 Å². The molecule has 2 aliphatic heterocycles. The lowest BCUT2D eigenvalue weighted by Crippen LogP contribution is -2.42. The number of imidazole rings is 1. The normalized spacial score (nSPS) is 24.2. The smallest absolute Gasteiger partial charge is 0.320 e. The monoisotopic (exact) mass is 371 g/mol. The molecule has 3 amide bonds. The molecule has 2 aromatic rings. The van der Waals surface area contributed by atoms with E-state index in [1.165, 1.54) is 24.7 Å². The number of carbonyl (C=O) groups excluding carboxylic acids is 2. The van der Waals surface area contributed by atoms with Gasteiger partial charge in [0, 0.05) is 45.6 Å². The number of rotatable bonds is 2. The minimum Gasteiger partial charge on any atom is -0.341 e. The van der Waals surface area contributed by atoms with Gasteiger partial charge in [0.05, 0.1) is 18.6 Å². The van der Waals surface area contributed by atoms with Gasteiger partial charge >= 0.3 is 6.03 Å². The van der Waals surface area contributed by atoms with E-state index in [1.54, 1.807) is 30.0 Å². The number of fused-ring (bicyclic) bond motifs is 1. The van der Waals surface area contributed by atoms with Crippen molar-refractivity contribution < 1.29 is 14.0 Å². The summed E-state index contributed by atoms with van der Waals surface area (Å²) in [5, 5.41) is 0. The summed E-state index contributed by atoms with van der Waals surface area (Å²) < 4.78 is 13.9. The molecular formula is C19H22FN5O2. The fraction of sp³-hybridized carbons (Fsp3) is 0.421. The van der Waals surface area contributed by atoms with E-state index in [0.717, 1.165) is 5.56 Å². The molecule has 0 spiro atoms. The number of carbonyl (C=O) groups is 2. The predicted molar refractivity (Wildman–Crippen MR) is 96.4 cm³/mol. The number of hydrogen-bond acceptors (Lipinski definition) is 3. The third-order valence-electron chi connectivity index (χ3n) is 5.50. The summed E-state index contributed by atoms with van der Waals surface area (Å²) >= 11 is 0. The van der Waals surface area contributed by atoms with Crippen molar-refractivity contribution in [2.24, 2.45) is 11.8 Å². The predicted octanol–water partition coefficient (Wildman–Crippen LogP) is 1.98. The molecule has 1 aromatic carbocycles. The fourth-order valence-corrected chi connectivity index (χ4v) is 4.33. The van der Waals surface area contributed by atoms with Gasteiger partial charge in [0.2, 0.25) is 0 Å². The van der Waals surface area contributed by atoms with Crippen molar-refractivity contribution in [2.75, 3.05) is 33.7 Å². The highest BCUT2D eigenvalue weighted by atomic mass is 19.1. The van der Waals surface area contributed by atoms with E-state index in [1.807, 2.05) is 11.0 Å². The first kappa shape index (κ1) is 17.5. The molecule has 0 bridgehead atoms. The van der Waals surface area contributed by atoms with Gasteiger partial charge in [0.15, 0.2) is 0 Å². The summed E-state index contributed by atoms with van der Waals surface area (Å²) in [6, 6.07) is 6.06. The second-order valence-corrected chi connectivity index (χ2v) is 7.43. The molecule has 0 aliphatic carbocycles. The van der Waals surface area contributed by atoms with E-state index < -0.39 is 0 Å². The zero-order chi connectivity index (χ0) is 19.1. The Morgan fingerprint density at radius 1 is 1.26 bits per heavy atom. The summed E-state index contributed by atoms with van der Waals surface area (Å²) in [4.78, 5) is 37.3. The van der Waals surface area contributed by atoms with Crippen LogP contribution in [0.5, 0.6) is 0 Å². The molecule has 1 aromatic heterocycles. The number of aromatic nitrogens is 2. The Labute approximate surface area is 156 Å². The van der Waals surface area contributed by atoms with Crippen LogP contribution in [-0.4, -0.2) is 70.3 Å². The second-order valence-electron chi connectivity index (χ2n) is 7.43.